The van der Waals surface area contributed by atoms with Crippen LogP contribution in [-0.4, -0.2) is 19.9 Å². The van der Waals surface area contributed by atoms with E-state index in [0.717, 1.165) is 12.3 Å². The Kier molecular flexibility index (Phi) is 7.05. The Hall–Kier alpha value is 1.09. The van der Waals surface area contributed by atoms with Crippen LogP contribution in [0.15, 0.2) is 0 Å². The Labute approximate surface area is 67.3 Å². The molecule has 0 aliphatic rings. The van der Waals surface area contributed by atoms with Gasteiger partial charge in [-0.2, -0.15) is 0 Å². The summed E-state index contributed by atoms with van der Waals surface area (Å²) in [6, 6.07) is 1.17. The van der Waals surface area contributed by atoms with Crippen LogP contribution >= 0.6 is 34.8 Å². The van der Waals surface area contributed by atoms with Crippen molar-refractivity contribution in [3.8, 4) is 0 Å². The molecule has 0 saturated carbocycles. The van der Waals surface area contributed by atoms with E-state index in [4.69, 9.17) is 34.8 Å². The summed E-state index contributed by atoms with van der Waals surface area (Å²) in [6.45, 7) is 0. The minimum absolute atomic E-state index is 0.0711. The minimum Gasteiger partial charge on any atom is -0.127 e. The molecule has 0 aromatic heterocycles. The summed E-state index contributed by atoms with van der Waals surface area (Å²) in [5, 5.41) is 0. The monoisotopic (exact) mass is 190 g/mol. The fraction of sp³-hybridized carbons (Fsp3) is 1.00. The van der Waals surface area contributed by atoms with Crippen molar-refractivity contribution in [2.45, 2.75) is 16.9 Å². The summed E-state index contributed by atoms with van der Waals surface area (Å²) in [6.07, 6.45) is 1.07. The van der Waals surface area contributed by atoms with Crippen molar-refractivity contribution >= 4 is 44.3 Å². The van der Waals surface area contributed by atoms with Crippen molar-refractivity contribution in [1.82, 2.24) is 0 Å². The van der Waals surface area contributed by atoms with E-state index in [2.05, 4.69) is 0 Å². The Morgan fingerprint density at radius 2 is 2.00 bits per heavy atom. The van der Waals surface area contributed by atoms with Gasteiger partial charge < -0.3 is 0 Å². The number of rotatable bonds is 4. The van der Waals surface area contributed by atoms with Crippen molar-refractivity contribution in [3.05, 3.63) is 0 Å². The van der Waals surface area contributed by atoms with Gasteiger partial charge >= 0.3 is 0 Å². The standard InChI is InChI=1S/C4H9Cl3Si/c5-2-1-3-8-4(6)7/h4H,1-3,8H2. The highest BCUT2D eigenvalue weighted by atomic mass is 35.5. The van der Waals surface area contributed by atoms with Crippen molar-refractivity contribution < 1.29 is 0 Å². The quantitative estimate of drug-likeness (QED) is 0.362. The first-order valence-electron chi connectivity index (χ1n) is 2.61. The molecule has 0 atom stereocenters. The first-order chi connectivity index (χ1) is 3.77. The molecule has 0 rings (SSSR count). The van der Waals surface area contributed by atoms with E-state index >= 15 is 0 Å². The summed E-state index contributed by atoms with van der Waals surface area (Å²) in [5.74, 6) is 0.744. The zero-order valence-corrected chi connectivity index (χ0v) is 8.22. The smallest absolute Gasteiger partial charge is 0.0908 e. The molecule has 8 heavy (non-hydrogen) atoms. The molecule has 0 amide bonds. The van der Waals surface area contributed by atoms with E-state index in [9.17, 15) is 0 Å². The third-order valence-corrected chi connectivity index (χ3v) is 3.73. The zero-order chi connectivity index (χ0) is 6.41. The van der Waals surface area contributed by atoms with E-state index in [1.54, 1.807) is 0 Å². The molecule has 0 aromatic rings. The fourth-order valence-electron chi connectivity index (χ4n) is 0.393. The second-order valence-electron chi connectivity index (χ2n) is 1.58. The normalized spacial score (nSPS) is 12.0. The van der Waals surface area contributed by atoms with Gasteiger partial charge in [-0.1, -0.05) is 6.04 Å². The maximum absolute atomic E-state index is 5.50. The molecule has 0 bridgehead atoms. The summed E-state index contributed by atoms with van der Waals surface area (Å²) in [7, 11) is -0.218. The molecule has 0 N–H and O–H groups in total. The van der Waals surface area contributed by atoms with Crippen LogP contribution in [0.4, 0.5) is 0 Å². The second kappa shape index (κ2) is 6.21. The molecule has 0 heterocycles. The van der Waals surface area contributed by atoms with Gasteiger partial charge in [0.2, 0.25) is 0 Å². The molecule has 0 spiro atoms. The second-order valence-corrected chi connectivity index (χ2v) is 6.37. The van der Waals surface area contributed by atoms with Crippen LogP contribution in [0.3, 0.4) is 0 Å². The number of halogens is 3. The van der Waals surface area contributed by atoms with Crippen molar-refractivity contribution in [1.29, 1.82) is 0 Å². The largest absolute Gasteiger partial charge is 0.127 e. The van der Waals surface area contributed by atoms with Crippen LogP contribution in [0.25, 0.3) is 0 Å². The minimum atomic E-state index is -0.218. The molecular weight excluding hydrogens is 182 g/mol. The highest BCUT2D eigenvalue weighted by Gasteiger charge is 1.96. The van der Waals surface area contributed by atoms with Gasteiger partial charge in [0.1, 0.15) is 0 Å². The molecule has 0 nitrogen and oxygen atoms in total. The molecule has 0 aliphatic heterocycles. The molecule has 4 heteroatoms. The van der Waals surface area contributed by atoms with Gasteiger partial charge in [0, 0.05) is 5.88 Å². The van der Waals surface area contributed by atoms with Gasteiger partial charge in [-0.3, -0.25) is 0 Å². The van der Waals surface area contributed by atoms with Crippen molar-refractivity contribution in [2.24, 2.45) is 0 Å². The molecule has 50 valence electrons. The summed E-state index contributed by atoms with van der Waals surface area (Å²) in [4.78, 5) is 0. The predicted molar refractivity (Wildman–Crippen MR) is 44.2 cm³/mol. The van der Waals surface area contributed by atoms with E-state index in [-0.39, 0.29) is 14.0 Å². The lowest BCUT2D eigenvalue weighted by Crippen LogP contribution is -2.00. The third kappa shape index (κ3) is 7.09. The lowest BCUT2D eigenvalue weighted by Gasteiger charge is -1.94. The number of hydrogen-bond acceptors (Lipinski definition) is 0. The molecule has 0 fully saturated rings. The van der Waals surface area contributed by atoms with Crippen LogP contribution in [0.2, 0.25) is 6.04 Å². The molecular formula is C4H9Cl3Si. The SMILES string of the molecule is ClCCC[SiH2]C(Cl)Cl. The third-order valence-electron chi connectivity index (χ3n) is 0.806. The van der Waals surface area contributed by atoms with E-state index < -0.39 is 0 Å². The molecule has 0 unspecified atom stereocenters. The van der Waals surface area contributed by atoms with Crippen molar-refractivity contribution in [2.75, 3.05) is 5.88 Å². The lowest BCUT2D eigenvalue weighted by atomic mass is 10.6. The van der Waals surface area contributed by atoms with Crippen LogP contribution in [0, 0.1) is 0 Å². The Balaban J connectivity index is 2.72. The zero-order valence-electron chi connectivity index (χ0n) is 4.54. The Morgan fingerprint density at radius 1 is 1.38 bits per heavy atom. The van der Waals surface area contributed by atoms with E-state index in [0.29, 0.717) is 0 Å². The molecule has 0 saturated heterocycles. The van der Waals surface area contributed by atoms with Gasteiger partial charge in [0.05, 0.1) is 14.0 Å². The van der Waals surface area contributed by atoms with Crippen molar-refractivity contribution in [3.63, 3.8) is 0 Å². The van der Waals surface area contributed by atoms with Gasteiger partial charge in [-0.15, -0.1) is 34.8 Å². The Bertz CT molecular complexity index is 48.5. The van der Waals surface area contributed by atoms with Crippen LogP contribution in [-0.2, 0) is 0 Å². The molecule has 0 radical (unpaired) electrons. The number of alkyl halides is 3. The lowest BCUT2D eigenvalue weighted by molar-refractivity contribution is 1.08. The van der Waals surface area contributed by atoms with Gasteiger partial charge in [0.15, 0.2) is 0 Å². The summed E-state index contributed by atoms with van der Waals surface area (Å²) >= 11 is 16.4. The maximum Gasteiger partial charge on any atom is 0.0908 e. The highest BCUT2D eigenvalue weighted by molar-refractivity contribution is 6.68. The first kappa shape index (κ1) is 9.09. The topological polar surface area (TPSA) is 0 Å². The van der Waals surface area contributed by atoms with E-state index in [1.807, 2.05) is 0 Å². The highest BCUT2D eigenvalue weighted by Crippen LogP contribution is 2.03. The predicted octanol–water partition coefficient (Wildman–Crippen LogP) is 1.96. The maximum atomic E-state index is 5.50. The van der Waals surface area contributed by atoms with Gasteiger partial charge in [-0.25, -0.2) is 0 Å². The first-order valence-corrected chi connectivity index (χ1v) is 5.84. The Morgan fingerprint density at radius 3 is 2.38 bits per heavy atom. The van der Waals surface area contributed by atoms with Crippen LogP contribution in [0.1, 0.15) is 6.42 Å². The molecule has 0 aromatic carbocycles. The van der Waals surface area contributed by atoms with Gasteiger partial charge in [-0.05, 0) is 6.42 Å². The van der Waals surface area contributed by atoms with E-state index in [1.165, 1.54) is 6.04 Å². The summed E-state index contributed by atoms with van der Waals surface area (Å²) < 4.78 is -0.0711. The molecule has 0 aliphatic carbocycles. The van der Waals surface area contributed by atoms with Crippen LogP contribution in [0.5, 0.6) is 0 Å². The summed E-state index contributed by atoms with van der Waals surface area (Å²) in [5.41, 5.74) is 0. The number of hydrogen-bond donors (Lipinski definition) is 0. The van der Waals surface area contributed by atoms with Crippen LogP contribution < -0.4 is 0 Å². The van der Waals surface area contributed by atoms with Gasteiger partial charge in [0.25, 0.3) is 0 Å². The fourth-order valence-corrected chi connectivity index (χ4v) is 2.67. The average molecular weight is 192 g/mol. The average Bonchev–Trinajstić information content (AvgIpc) is 1.66.